The summed E-state index contributed by atoms with van der Waals surface area (Å²) in [6, 6.07) is 11.6. The number of rotatable bonds is 2. The van der Waals surface area contributed by atoms with E-state index in [-0.39, 0.29) is 0 Å². The summed E-state index contributed by atoms with van der Waals surface area (Å²) >= 11 is 6.07. The van der Waals surface area contributed by atoms with Crippen LogP contribution < -0.4 is 5.73 Å². The lowest BCUT2D eigenvalue weighted by Crippen LogP contribution is -1.98. The highest BCUT2D eigenvalue weighted by molar-refractivity contribution is 6.31. The molecule has 0 spiro atoms. The number of nitrogens with zero attached hydrogens (tertiary/aromatic N) is 1. The molecule has 3 heteroatoms. The van der Waals surface area contributed by atoms with E-state index in [0.29, 0.717) is 5.82 Å². The van der Waals surface area contributed by atoms with Gasteiger partial charge in [-0.1, -0.05) is 35.9 Å². The van der Waals surface area contributed by atoms with E-state index >= 15 is 0 Å². The van der Waals surface area contributed by atoms with Gasteiger partial charge < -0.3 is 5.73 Å². The second-order valence-corrected chi connectivity index (χ2v) is 3.72. The molecule has 0 aliphatic heterocycles. The molecule has 0 bridgehead atoms. The number of hydrogen-bond acceptors (Lipinski definition) is 2. The van der Waals surface area contributed by atoms with Crippen LogP contribution in [0.15, 0.2) is 42.6 Å². The van der Waals surface area contributed by atoms with Gasteiger partial charge >= 0.3 is 0 Å². The molecular formula is C12H11ClN2. The summed E-state index contributed by atoms with van der Waals surface area (Å²) in [5.74, 6) is 0.567. The third-order valence-corrected chi connectivity index (χ3v) is 2.63. The molecule has 0 amide bonds. The minimum Gasteiger partial charge on any atom is -0.383 e. The summed E-state index contributed by atoms with van der Waals surface area (Å²) in [6.07, 6.45) is 2.41. The van der Waals surface area contributed by atoms with Crippen LogP contribution in [-0.2, 0) is 6.42 Å². The van der Waals surface area contributed by atoms with Gasteiger partial charge in [-0.2, -0.15) is 0 Å². The predicted octanol–water partition coefficient (Wildman–Crippen LogP) is 2.91. The number of nitrogens with two attached hydrogens (primary N) is 1. The van der Waals surface area contributed by atoms with E-state index in [1.165, 1.54) is 0 Å². The molecule has 0 atom stereocenters. The third kappa shape index (κ3) is 2.28. The fraction of sp³-hybridized carbons (Fsp3) is 0.0833. The number of halogens is 1. The molecule has 0 radical (unpaired) electrons. The van der Waals surface area contributed by atoms with Crippen LogP contribution in [0.2, 0.25) is 5.02 Å². The molecule has 15 heavy (non-hydrogen) atoms. The smallest absolute Gasteiger partial charge is 0.126 e. The van der Waals surface area contributed by atoms with Crippen molar-refractivity contribution < 1.29 is 0 Å². The van der Waals surface area contributed by atoms with Gasteiger partial charge in [-0.15, -0.1) is 0 Å². The van der Waals surface area contributed by atoms with Crippen LogP contribution in [0.1, 0.15) is 11.1 Å². The van der Waals surface area contributed by atoms with E-state index in [9.17, 15) is 0 Å². The van der Waals surface area contributed by atoms with Crippen molar-refractivity contribution in [1.82, 2.24) is 4.98 Å². The van der Waals surface area contributed by atoms with Crippen LogP contribution in [-0.4, -0.2) is 4.98 Å². The highest BCUT2D eigenvalue weighted by atomic mass is 35.5. The Morgan fingerprint density at radius 3 is 2.53 bits per heavy atom. The first-order valence-corrected chi connectivity index (χ1v) is 5.08. The number of benzene rings is 1. The average Bonchev–Trinajstić information content (AvgIpc) is 2.24. The normalized spacial score (nSPS) is 10.2. The van der Waals surface area contributed by atoms with Gasteiger partial charge in [0.05, 0.1) is 0 Å². The molecule has 1 aromatic carbocycles. The fourth-order valence-corrected chi connectivity index (χ4v) is 1.65. The predicted molar refractivity (Wildman–Crippen MR) is 62.9 cm³/mol. The number of anilines is 1. The molecular weight excluding hydrogens is 208 g/mol. The molecule has 0 fully saturated rings. The Morgan fingerprint density at radius 1 is 1.07 bits per heavy atom. The Bertz CT molecular complexity index is 425. The van der Waals surface area contributed by atoms with Crippen LogP contribution in [0.4, 0.5) is 5.82 Å². The van der Waals surface area contributed by atoms with Gasteiger partial charge in [-0.3, -0.25) is 0 Å². The molecule has 0 saturated heterocycles. The van der Waals surface area contributed by atoms with Crippen LogP contribution in [0.25, 0.3) is 0 Å². The lowest BCUT2D eigenvalue weighted by Gasteiger charge is -2.05. The van der Waals surface area contributed by atoms with Crippen molar-refractivity contribution in [3.8, 4) is 0 Å². The van der Waals surface area contributed by atoms with E-state index in [1.54, 1.807) is 6.20 Å². The van der Waals surface area contributed by atoms with Gasteiger partial charge in [-0.05, 0) is 23.3 Å². The Hall–Kier alpha value is -1.54. The lowest BCUT2D eigenvalue weighted by molar-refractivity contribution is 1.15. The maximum atomic E-state index is 6.07. The highest BCUT2D eigenvalue weighted by Crippen LogP contribution is 2.20. The number of aromatic nitrogens is 1. The first kappa shape index (κ1) is 9.99. The van der Waals surface area contributed by atoms with Crippen molar-refractivity contribution in [2.24, 2.45) is 0 Å². The Labute approximate surface area is 93.7 Å². The van der Waals surface area contributed by atoms with Gasteiger partial charge in [0, 0.05) is 17.6 Å². The van der Waals surface area contributed by atoms with Crippen molar-refractivity contribution in [3.63, 3.8) is 0 Å². The van der Waals surface area contributed by atoms with E-state index < -0.39 is 0 Å². The Balaban J connectivity index is 2.30. The van der Waals surface area contributed by atoms with Gasteiger partial charge in [0.2, 0.25) is 0 Å². The van der Waals surface area contributed by atoms with E-state index in [4.69, 9.17) is 17.3 Å². The fourth-order valence-electron chi connectivity index (χ4n) is 1.45. The summed E-state index contributed by atoms with van der Waals surface area (Å²) in [5, 5.41) is 0.765. The SMILES string of the molecule is Nc1ncccc1Cc1ccccc1Cl. The Morgan fingerprint density at radius 2 is 1.80 bits per heavy atom. The zero-order chi connectivity index (χ0) is 10.7. The van der Waals surface area contributed by atoms with Crippen molar-refractivity contribution in [3.05, 3.63) is 58.7 Å². The van der Waals surface area contributed by atoms with Crippen molar-refractivity contribution >= 4 is 17.4 Å². The summed E-state index contributed by atoms with van der Waals surface area (Å²) in [4.78, 5) is 4.04. The molecule has 2 nitrogen and oxygen atoms in total. The van der Waals surface area contributed by atoms with E-state index in [2.05, 4.69) is 4.98 Å². The maximum absolute atomic E-state index is 6.07. The number of hydrogen-bond donors (Lipinski definition) is 1. The first-order valence-electron chi connectivity index (χ1n) is 4.70. The standard InChI is InChI=1S/C12H11ClN2/c13-11-6-2-1-4-9(11)8-10-5-3-7-15-12(10)14/h1-7H,8H2,(H2,14,15). The topological polar surface area (TPSA) is 38.9 Å². The molecule has 2 rings (SSSR count). The summed E-state index contributed by atoms with van der Waals surface area (Å²) < 4.78 is 0. The molecule has 1 heterocycles. The van der Waals surface area contributed by atoms with E-state index in [0.717, 1.165) is 22.6 Å². The second kappa shape index (κ2) is 4.32. The lowest BCUT2D eigenvalue weighted by atomic mass is 10.1. The highest BCUT2D eigenvalue weighted by Gasteiger charge is 2.03. The minimum absolute atomic E-state index is 0.567. The number of nitrogen functional groups attached to an aromatic ring is 1. The Kier molecular flexibility index (Phi) is 2.88. The second-order valence-electron chi connectivity index (χ2n) is 3.32. The van der Waals surface area contributed by atoms with Gasteiger partial charge in [-0.25, -0.2) is 4.98 Å². The van der Waals surface area contributed by atoms with Crippen LogP contribution >= 0.6 is 11.6 Å². The van der Waals surface area contributed by atoms with E-state index in [1.807, 2.05) is 36.4 Å². The molecule has 2 aromatic rings. The van der Waals surface area contributed by atoms with Crippen LogP contribution in [0.5, 0.6) is 0 Å². The van der Waals surface area contributed by atoms with Crippen molar-refractivity contribution in [2.75, 3.05) is 5.73 Å². The van der Waals surface area contributed by atoms with Crippen molar-refractivity contribution in [1.29, 1.82) is 0 Å². The third-order valence-electron chi connectivity index (χ3n) is 2.26. The van der Waals surface area contributed by atoms with Crippen LogP contribution in [0, 0.1) is 0 Å². The van der Waals surface area contributed by atoms with Gasteiger partial charge in [0.1, 0.15) is 5.82 Å². The zero-order valence-electron chi connectivity index (χ0n) is 8.15. The van der Waals surface area contributed by atoms with Crippen molar-refractivity contribution in [2.45, 2.75) is 6.42 Å². The largest absolute Gasteiger partial charge is 0.383 e. The van der Waals surface area contributed by atoms with Gasteiger partial charge in [0.15, 0.2) is 0 Å². The molecule has 76 valence electrons. The van der Waals surface area contributed by atoms with Gasteiger partial charge in [0.25, 0.3) is 0 Å². The molecule has 0 aliphatic rings. The average molecular weight is 219 g/mol. The first-order chi connectivity index (χ1) is 7.27. The maximum Gasteiger partial charge on any atom is 0.126 e. The monoisotopic (exact) mass is 218 g/mol. The molecule has 0 aliphatic carbocycles. The molecule has 0 unspecified atom stereocenters. The zero-order valence-corrected chi connectivity index (χ0v) is 8.91. The summed E-state index contributed by atoms with van der Waals surface area (Å²) in [6.45, 7) is 0. The summed E-state index contributed by atoms with van der Waals surface area (Å²) in [5.41, 5.74) is 7.84. The molecule has 0 saturated carbocycles. The quantitative estimate of drug-likeness (QED) is 0.842. The number of pyridine rings is 1. The molecule has 2 N–H and O–H groups in total. The summed E-state index contributed by atoms with van der Waals surface area (Å²) in [7, 11) is 0. The van der Waals surface area contributed by atoms with Crippen LogP contribution in [0.3, 0.4) is 0 Å². The molecule has 1 aromatic heterocycles. The minimum atomic E-state index is 0.567.